The average Bonchev–Trinajstić information content (AvgIpc) is 2.69. The zero-order valence-electron chi connectivity index (χ0n) is 9.13. The molecule has 0 amide bonds. The van der Waals surface area contributed by atoms with Gasteiger partial charge in [-0.15, -0.1) is 0 Å². The van der Waals surface area contributed by atoms with Crippen molar-refractivity contribution >= 4 is 17.2 Å². The molecule has 3 aromatic rings. The number of pyridine rings is 1. The lowest BCUT2D eigenvalue weighted by atomic mass is 10.1. The van der Waals surface area contributed by atoms with Crippen LogP contribution >= 0.6 is 11.6 Å². The zero-order chi connectivity index (χ0) is 11.8. The summed E-state index contributed by atoms with van der Waals surface area (Å²) in [6.07, 6.45) is 5.37. The van der Waals surface area contributed by atoms with E-state index in [1.807, 2.05) is 25.3 Å². The van der Waals surface area contributed by atoms with Crippen LogP contribution in [0.15, 0.2) is 36.8 Å². The van der Waals surface area contributed by atoms with Crippen LogP contribution in [0.5, 0.6) is 0 Å². The summed E-state index contributed by atoms with van der Waals surface area (Å²) in [7, 11) is 0. The van der Waals surface area contributed by atoms with E-state index in [2.05, 4.69) is 15.1 Å². The Bertz CT molecular complexity index is 676. The molecule has 0 aliphatic carbocycles. The van der Waals surface area contributed by atoms with Crippen molar-refractivity contribution < 1.29 is 0 Å². The van der Waals surface area contributed by atoms with E-state index in [0.717, 1.165) is 22.5 Å². The summed E-state index contributed by atoms with van der Waals surface area (Å²) in [5, 5.41) is 4.62. The summed E-state index contributed by atoms with van der Waals surface area (Å²) in [6.45, 7) is 1.93. The van der Waals surface area contributed by atoms with Gasteiger partial charge in [0.05, 0.1) is 11.9 Å². The van der Waals surface area contributed by atoms with Gasteiger partial charge in [-0.1, -0.05) is 17.7 Å². The zero-order valence-corrected chi connectivity index (χ0v) is 9.89. The molecule has 0 aliphatic rings. The minimum atomic E-state index is 0.439. The van der Waals surface area contributed by atoms with E-state index < -0.39 is 0 Å². The molecule has 0 aliphatic heterocycles. The lowest BCUT2D eigenvalue weighted by Gasteiger charge is -2.03. The highest BCUT2D eigenvalue weighted by Gasteiger charge is 2.09. The van der Waals surface area contributed by atoms with Crippen molar-refractivity contribution in [1.29, 1.82) is 0 Å². The molecule has 0 fully saturated rings. The van der Waals surface area contributed by atoms with Gasteiger partial charge in [0, 0.05) is 23.5 Å². The van der Waals surface area contributed by atoms with Crippen LogP contribution in [0, 0.1) is 6.92 Å². The highest BCUT2D eigenvalue weighted by molar-refractivity contribution is 6.29. The molecule has 5 heteroatoms. The van der Waals surface area contributed by atoms with E-state index >= 15 is 0 Å². The standard InChI is InChI=1S/C12H9ClN4/c1-8-7-17-12(15-8)10(5-11(13)16-17)9-3-2-4-14-6-9/h2-7H,1H3. The lowest BCUT2D eigenvalue weighted by Crippen LogP contribution is -1.93. The van der Waals surface area contributed by atoms with Crippen LogP contribution in [-0.2, 0) is 0 Å². The normalized spacial score (nSPS) is 10.9. The Hall–Kier alpha value is -1.94. The highest BCUT2D eigenvalue weighted by atomic mass is 35.5. The van der Waals surface area contributed by atoms with Gasteiger partial charge in [0.2, 0.25) is 0 Å². The Balaban J connectivity index is 2.35. The third-order valence-electron chi connectivity index (χ3n) is 2.49. The number of nitrogens with zero attached hydrogens (tertiary/aromatic N) is 4. The second-order valence-electron chi connectivity index (χ2n) is 3.77. The number of hydrogen-bond acceptors (Lipinski definition) is 3. The Morgan fingerprint density at radius 1 is 1.35 bits per heavy atom. The summed E-state index contributed by atoms with van der Waals surface area (Å²) in [5.41, 5.74) is 3.61. The second-order valence-corrected chi connectivity index (χ2v) is 4.16. The van der Waals surface area contributed by atoms with E-state index in [9.17, 15) is 0 Å². The Kier molecular flexibility index (Phi) is 2.30. The van der Waals surface area contributed by atoms with Crippen LogP contribution in [0.4, 0.5) is 0 Å². The Morgan fingerprint density at radius 2 is 2.24 bits per heavy atom. The quantitative estimate of drug-likeness (QED) is 0.661. The minimum Gasteiger partial charge on any atom is -0.264 e. The maximum Gasteiger partial charge on any atom is 0.161 e. The molecule has 0 saturated carbocycles. The van der Waals surface area contributed by atoms with Gasteiger partial charge in [-0.2, -0.15) is 5.10 Å². The first kappa shape index (κ1) is 10.2. The number of imidazole rings is 1. The lowest BCUT2D eigenvalue weighted by molar-refractivity contribution is 0.936. The predicted molar refractivity (Wildman–Crippen MR) is 66.0 cm³/mol. The third-order valence-corrected chi connectivity index (χ3v) is 2.67. The van der Waals surface area contributed by atoms with Gasteiger partial charge in [-0.3, -0.25) is 4.98 Å². The number of fused-ring (bicyclic) bond motifs is 1. The van der Waals surface area contributed by atoms with Crippen molar-refractivity contribution in [1.82, 2.24) is 19.6 Å². The van der Waals surface area contributed by atoms with Crippen LogP contribution in [0.2, 0.25) is 5.15 Å². The van der Waals surface area contributed by atoms with Crippen molar-refractivity contribution in [2.75, 3.05) is 0 Å². The number of aryl methyl sites for hydroxylation is 1. The fraction of sp³-hybridized carbons (Fsp3) is 0.0833. The van der Waals surface area contributed by atoms with Gasteiger partial charge in [-0.25, -0.2) is 9.50 Å². The van der Waals surface area contributed by atoms with Gasteiger partial charge in [0.25, 0.3) is 0 Å². The monoisotopic (exact) mass is 244 g/mol. The van der Waals surface area contributed by atoms with Crippen LogP contribution in [0.25, 0.3) is 16.8 Å². The molecule has 0 unspecified atom stereocenters. The van der Waals surface area contributed by atoms with E-state index in [4.69, 9.17) is 11.6 Å². The average molecular weight is 245 g/mol. The number of halogens is 1. The first-order valence-electron chi connectivity index (χ1n) is 5.17. The largest absolute Gasteiger partial charge is 0.264 e. The van der Waals surface area contributed by atoms with Crippen molar-refractivity contribution in [2.45, 2.75) is 6.92 Å². The van der Waals surface area contributed by atoms with Crippen LogP contribution in [0.1, 0.15) is 5.69 Å². The number of hydrogen-bond donors (Lipinski definition) is 0. The van der Waals surface area contributed by atoms with Crippen molar-refractivity contribution in [3.8, 4) is 11.1 Å². The number of rotatable bonds is 1. The van der Waals surface area contributed by atoms with Gasteiger partial charge in [0.1, 0.15) is 0 Å². The van der Waals surface area contributed by atoms with E-state index in [1.54, 1.807) is 23.0 Å². The smallest absolute Gasteiger partial charge is 0.161 e. The second kappa shape index (κ2) is 3.82. The fourth-order valence-corrected chi connectivity index (χ4v) is 1.99. The molecule has 17 heavy (non-hydrogen) atoms. The molecular weight excluding hydrogens is 236 g/mol. The highest BCUT2D eigenvalue weighted by Crippen LogP contribution is 2.25. The minimum absolute atomic E-state index is 0.439. The molecule has 3 heterocycles. The van der Waals surface area contributed by atoms with Crippen molar-refractivity contribution in [3.63, 3.8) is 0 Å². The van der Waals surface area contributed by atoms with Gasteiger partial charge >= 0.3 is 0 Å². The summed E-state index contributed by atoms with van der Waals surface area (Å²) in [6, 6.07) is 5.67. The fourth-order valence-electron chi connectivity index (χ4n) is 1.80. The first-order chi connectivity index (χ1) is 8.24. The van der Waals surface area contributed by atoms with Crippen LogP contribution in [0.3, 0.4) is 0 Å². The SMILES string of the molecule is Cc1cn2nc(Cl)cc(-c3cccnc3)c2n1. The van der Waals surface area contributed by atoms with Gasteiger partial charge < -0.3 is 0 Å². The molecule has 0 spiro atoms. The number of aromatic nitrogens is 4. The van der Waals surface area contributed by atoms with Crippen molar-refractivity contribution in [3.05, 3.63) is 47.6 Å². The van der Waals surface area contributed by atoms with E-state index in [0.29, 0.717) is 5.15 Å². The molecule has 3 rings (SSSR count). The molecule has 0 bridgehead atoms. The topological polar surface area (TPSA) is 43.1 Å². The summed E-state index contributed by atoms with van der Waals surface area (Å²) in [4.78, 5) is 8.55. The molecule has 0 radical (unpaired) electrons. The third kappa shape index (κ3) is 1.76. The molecule has 4 nitrogen and oxygen atoms in total. The maximum atomic E-state index is 6.00. The molecule has 84 valence electrons. The summed E-state index contributed by atoms with van der Waals surface area (Å²) in [5.74, 6) is 0. The van der Waals surface area contributed by atoms with E-state index in [-0.39, 0.29) is 0 Å². The molecule has 0 aromatic carbocycles. The first-order valence-corrected chi connectivity index (χ1v) is 5.55. The predicted octanol–water partition coefficient (Wildman–Crippen LogP) is 2.75. The maximum absolute atomic E-state index is 6.00. The van der Waals surface area contributed by atoms with Gasteiger partial charge in [0.15, 0.2) is 10.8 Å². The van der Waals surface area contributed by atoms with Crippen molar-refractivity contribution in [2.24, 2.45) is 0 Å². The molecule has 3 aromatic heterocycles. The van der Waals surface area contributed by atoms with E-state index in [1.165, 1.54) is 0 Å². The summed E-state index contributed by atoms with van der Waals surface area (Å²) < 4.78 is 1.69. The molecule has 0 saturated heterocycles. The van der Waals surface area contributed by atoms with Crippen LogP contribution < -0.4 is 0 Å². The van der Waals surface area contributed by atoms with Crippen LogP contribution in [-0.4, -0.2) is 19.6 Å². The molecular formula is C12H9ClN4. The molecule has 0 atom stereocenters. The summed E-state index contributed by atoms with van der Waals surface area (Å²) >= 11 is 6.00. The van der Waals surface area contributed by atoms with Gasteiger partial charge in [-0.05, 0) is 19.1 Å². The molecule has 0 N–H and O–H groups in total. The Labute approximate surface area is 103 Å². The Morgan fingerprint density at radius 3 is 3.00 bits per heavy atom.